The Hall–Kier alpha value is -3.89. The molecular weight excluding hydrogens is 512 g/mol. The summed E-state index contributed by atoms with van der Waals surface area (Å²) < 4.78 is 5.72. The fourth-order valence-corrected chi connectivity index (χ4v) is 5.34. The van der Waals surface area contributed by atoms with Crippen molar-refractivity contribution >= 4 is 28.8 Å². The zero-order chi connectivity index (χ0) is 27.4. The molecule has 202 valence electrons. The highest BCUT2D eigenvalue weighted by atomic mass is 32.1. The van der Waals surface area contributed by atoms with Crippen LogP contribution in [0.15, 0.2) is 60.0 Å². The van der Waals surface area contributed by atoms with Gasteiger partial charge >= 0.3 is 0 Å². The number of benzene rings is 2. The number of anilines is 1. The van der Waals surface area contributed by atoms with Crippen LogP contribution in [0.2, 0.25) is 0 Å². The largest absolute Gasteiger partial charge is 0.376 e. The van der Waals surface area contributed by atoms with Crippen molar-refractivity contribution in [2.75, 3.05) is 18.1 Å². The van der Waals surface area contributed by atoms with Gasteiger partial charge in [0.05, 0.1) is 11.0 Å². The Morgan fingerprint density at radius 2 is 1.92 bits per heavy atom. The molecule has 0 bridgehead atoms. The third-order valence-electron chi connectivity index (χ3n) is 6.79. The molecule has 9 nitrogen and oxygen atoms in total. The summed E-state index contributed by atoms with van der Waals surface area (Å²) in [6.07, 6.45) is 1.86. The number of aryl methyl sites for hydroxylation is 3. The molecule has 0 spiro atoms. The molecule has 1 N–H and O–H groups in total. The summed E-state index contributed by atoms with van der Waals surface area (Å²) in [5.41, 5.74) is 4.30. The van der Waals surface area contributed by atoms with E-state index in [4.69, 9.17) is 4.74 Å². The summed E-state index contributed by atoms with van der Waals surface area (Å²) in [4.78, 5) is 31.7. The summed E-state index contributed by atoms with van der Waals surface area (Å²) in [5, 5.41) is 17.7. The smallest absolute Gasteiger partial charge is 0.251 e. The van der Waals surface area contributed by atoms with Crippen molar-refractivity contribution in [3.8, 4) is 10.7 Å². The van der Waals surface area contributed by atoms with E-state index < -0.39 is 6.04 Å². The first-order chi connectivity index (χ1) is 18.9. The minimum Gasteiger partial charge on any atom is -0.376 e. The number of ether oxygens (including phenoxy) is 1. The van der Waals surface area contributed by atoms with Crippen molar-refractivity contribution in [1.29, 1.82) is 0 Å². The quantitative estimate of drug-likeness (QED) is 0.335. The average molecular weight is 545 g/mol. The predicted octanol–water partition coefficient (Wildman–Crippen LogP) is 4.40. The van der Waals surface area contributed by atoms with E-state index in [0.29, 0.717) is 30.2 Å². The second kappa shape index (κ2) is 11.9. The van der Waals surface area contributed by atoms with Crippen LogP contribution in [0.4, 0.5) is 5.69 Å². The van der Waals surface area contributed by atoms with Crippen LogP contribution in [0.1, 0.15) is 41.1 Å². The molecule has 0 unspecified atom stereocenters. The van der Waals surface area contributed by atoms with Gasteiger partial charge in [-0.05, 0) is 73.0 Å². The maximum absolute atomic E-state index is 14.1. The number of amides is 2. The standard InChI is InChI=1S/C29H32N6O3S/c1-19-9-12-22(13-10-19)27(29(37)30-17-23-6-4-14-38-23)35(24-16-20(2)8-11-21(24)3)26(36)18-34-32-28(31-33-34)25-7-5-15-39-25/h5,7-13,15-16,23,27H,4,6,14,17-18H2,1-3H3,(H,30,37)/t23-,27+/m1/s1. The Bertz CT molecular complexity index is 1430. The number of carbonyl (C=O) groups excluding carboxylic acids is 2. The van der Waals surface area contributed by atoms with Crippen molar-refractivity contribution in [2.45, 2.75) is 52.3 Å². The lowest BCUT2D eigenvalue weighted by Crippen LogP contribution is -2.47. The second-order valence-corrected chi connectivity index (χ2v) is 10.8. The van der Waals surface area contributed by atoms with Crippen molar-refractivity contribution in [2.24, 2.45) is 0 Å². The summed E-state index contributed by atoms with van der Waals surface area (Å²) in [6.45, 7) is 6.82. The van der Waals surface area contributed by atoms with Crippen LogP contribution in [0, 0.1) is 20.8 Å². The lowest BCUT2D eigenvalue weighted by atomic mass is 9.99. The molecule has 1 aliphatic rings. The van der Waals surface area contributed by atoms with Gasteiger partial charge < -0.3 is 10.1 Å². The highest BCUT2D eigenvalue weighted by Crippen LogP contribution is 2.32. The number of hydrogen-bond donors (Lipinski definition) is 1. The molecule has 0 aliphatic carbocycles. The maximum atomic E-state index is 14.1. The Morgan fingerprint density at radius 3 is 2.64 bits per heavy atom. The van der Waals surface area contributed by atoms with Gasteiger partial charge in [0.15, 0.2) is 0 Å². The van der Waals surface area contributed by atoms with Crippen LogP contribution < -0.4 is 10.2 Å². The number of hydrogen-bond acceptors (Lipinski definition) is 7. The van der Waals surface area contributed by atoms with Gasteiger partial charge in [-0.3, -0.25) is 14.5 Å². The van der Waals surface area contributed by atoms with Gasteiger partial charge in [-0.25, -0.2) is 0 Å². The molecular formula is C29H32N6O3S. The van der Waals surface area contributed by atoms with Gasteiger partial charge in [0.2, 0.25) is 11.7 Å². The zero-order valence-corrected chi connectivity index (χ0v) is 23.1. The SMILES string of the molecule is Cc1ccc([C@@H](C(=O)NC[C@H]2CCCO2)N(C(=O)Cn2nnc(-c3cccs3)n2)c2cc(C)ccc2C)cc1. The van der Waals surface area contributed by atoms with E-state index in [1.54, 1.807) is 4.90 Å². The first-order valence-electron chi connectivity index (χ1n) is 13.1. The molecule has 39 heavy (non-hydrogen) atoms. The van der Waals surface area contributed by atoms with Gasteiger partial charge in [0.25, 0.3) is 5.91 Å². The van der Waals surface area contributed by atoms with E-state index in [9.17, 15) is 9.59 Å². The number of tetrazole rings is 1. The fourth-order valence-electron chi connectivity index (χ4n) is 4.69. The molecule has 2 aromatic carbocycles. The normalized spacial score (nSPS) is 15.7. The van der Waals surface area contributed by atoms with Gasteiger partial charge in [0, 0.05) is 18.8 Å². The number of rotatable bonds is 9. The summed E-state index contributed by atoms with van der Waals surface area (Å²) in [5.74, 6) is -0.133. The lowest BCUT2D eigenvalue weighted by Gasteiger charge is -2.33. The molecule has 3 heterocycles. The van der Waals surface area contributed by atoms with Gasteiger partial charge in [-0.2, -0.15) is 4.80 Å². The number of carbonyl (C=O) groups is 2. The predicted molar refractivity (Wildman–Crippen MR) is 150 cm³/mol. The van der Waals surface area contributed by atoms with Gasteiger partial charge in [-0.1, -0.05) is 48.0 Å². The minimum atomic E-state index is -0.903. The van der Waals surface area contributed by atoms with E-state index >= 15 is 0 Å². The first kappa shape index (κ1) is 26.7. The summed E-state index contributed by atoms with van der Waals surface area (Å²) in [7, 11) is 0. The van der Waals surface area contributed by atoms with E-state index in [1.807, 2.05) is 80.7 Å². The Balaban J connectivity index is 1.52. The molecule has 2 atom stereocenters. The van der Waals surface area contributed by atoms with Crippen LogP contribution in [0.5, 0.6) is 0 Å². The Labute approximate surface area is 231 Å². The molecule has 1 saturated heterocycles. The van der Waals surface area contributed by atoms with E-state index in [1.165, 1.54) is 16.1 Å². The third-order valence-corrected chi connectivity index (χ3v) is 7.66. The van der Waals surface area contributed by atoms with Gasteiger partial charge in [0.1, 0.15) is 12.6 Å². The first-order valence-corrected chi connectivity index (χ1v) is 13.9. The highest BCUT2D eigenvalue weighted by Gasteiger charge is 2.34. The monoisotopic (exact) mass is 544 g/mol. The molecule has 0 radical (unpaired) electrons. The van der Waals surface area contributed by atoms with E-state index in [0.717, 1.165) is 34.4 Å². The van der Waals surface area contributed by atoms with E-state index in [2.05, 4.69) is 20.7 Å². The second-order valence-electron chi connectivity index (χ2n) is 9.87. The van der Waals surface area contributed by atoms with Crippen LogP contribution in [0.3, 0.4) is 0 Å². The molecule has 1 aliphatic heterocycles. The number of nitrogens with one attached hydrogen (secondary N) is 1. The van der Waals surface area contributed by atoms with Crippen molar-refractivity contribution in [3.63, 3.8) is 0 Å². The molecule has 1 fully saturated rings. The van der Waals surface area contributed by atoms with Crippen molar-refractivity contribution in [1.82, 2.24) is 25.5 Å². The number of nitrogens with zero attached hydrogens (tertiary/aromatic N) is 5. The maximum Gasteiger partial charge on any atom is 0.251 e. The molecule has 10 heteroatoms. The molecule has 5 rings (SSSR count). The minimum absolute atomic E-state index is 0.0208. The van der Waals surface area contributed by atoms with Crippen LogP contribution in [0.25, 0.3) is 10.7 Å². The Morgan fingerprint density at radius 1 is 1.13 bits per heavy atom. The molecule has 0 saturated carbocycles. The van der Waals surface area contributed by atoms with Crippen molar-refractivity contribution in [3.05, 3.63) is 82.2 Å². The number of aromatic nitrogens is 4. The molecule has 4 aromatic rings. The zero-order valence-electron chi connectivity index (χ0n) is 22.3. The van der Waals surface area contributed by atoms with Crippen LogP contribution in [-0.2, 0) is 20.9 Å². The van der Waals surface area contributed by atoms with Crippen molar-refractivity contribution < 1.29 is 14.3 Å². The molecule has 2 amide bonds. The Kier molecular flexibility index (Phi) is 8.13. The van der Waals surface area contributed by atoms with E-state index in [-0.39, 0.29) is 24.5 Å². The highest BCUT2D eigenvalue weighted by molar-refractivity contribution is 7.13. The third kappa shape index (κ3) is 6.23. The summed E-state index contributed by atoms with van der Waals surface area (Å²) in [6, 6.07) is 16.5. The van der Waals surface area contributed by atoms with Crippen LogP contribution in [-0.4, -0.2) is 51.3 Å². The van der Waals surface area contributed by atoms with Gasteiger partial charge in [-0.15, -0.1) is 21.5 Å². The lowest BCUT2D eigenvalue weighted by molar-refractivity contribution is -0.127. The average Bonchev–Trinajstić information content (AvgIpc) is 3.71. The summed E-state index contributed by atoms with van der Waals surface area (Å²) >= 11 is 1.50. The van der Waals surface area contributed by atoms with Crippen LogP contribution >= 0.6 is 11.3 Å². The topological polar surface area (TPSA) is 102 Å². The number of thiophene rings is 1. The molecule has 2 aromatic heterocycles. The fraction of sp³-hybridized carbons (Fsp3) is 0.345.